The van der Waals surface area contributed by atoms with Crippen molar-refractivity contribution in [1.29, 1.82) is 5.26 Å². The van der Waals surface area contributed by atoms with Crippen molar-refractivity contribution in [1.82, 2.24) is 4.98 Å². The van der Waals surface area contributed by atoms with Crippen LogP contribution in [0.5, 0.6) is 0 Å². The fourth-order valence-electron chi connectivity index (χ4n) is 1.57. The summed E-state index contributed by atoms with van der Waals surface area (Å²) in [4.78, 5) is 16.4. The highest BCUT2D eigenvalue weighted by Gasteiger charge is 2.33. The van der Waals surface area contributed by atoms with E-state index in [0.29, 0.717) is 18.8 Å². The molecule has 5 nitrogen and oxygen atoms in total. The average Bonchev–Trinajstić information content (AvgIpc) is 2.15. The van der Waals surface area contributed by atoms with Gasteiger partial charge >= 0.3 is 5.97 Å². The largest absolute Gasteiger partial charge is 0.481 e. The Morgan fingerprint density at radius 2 is 2.40 bits per heavy atom. The summed E-state index contributed by atoms with van der Waals surface area (Å²) >= 11 is 0. The molecule has 0 unspecified atom stereocenters. The molecule has 0 saturated carbocycles. The summed E-state index contributed by atoms with van der Waals surface area (Å²) in [5, 5.41) is 17.5. The first kappa shape index (κ1) is 9.46. The predicted octanol–water partition coefficient (Wildman–Crippen LogP) is 0.474. The number of aromatic nitrogens is 1. The lowest BCUT2D eigenvalue weighted by molar-refractivity contribution is -0.142. The van der Waals surface area contributed by atoms with Gasteiger partial charge in [0.2, 0.25) is 0 Å². The monoisotopic (exact) mass is 203 g/mol. The normalized spacial score (nSPS) is 15.5. The van der Waals surface area contributed by atoms with Crippen molar-refractivity contribution < 1.29 is 9.90 Å². The number of nitriles is 1. The topological polar surface area (TPSA) is 77.2 Å². The highest BCUT2D eigenvalue weighted by molar-refractivity contribution is 5.75. The van der Waals surface area contributed by atoms with Crippen molar-refractivity contribution >= 4 is 11.7 Å². The van der Waals surface area contributed by atoms with Crippen LogP contribution in [0.1, 0.15) is 5.69 Å². The Kier molecular flexibility index (Phi) is 2.26. The summed E-state index contributed by atoms with van der Waals surface area (Å²) < 4.78 is 0. The Morgan fingerprint density at radius 3 is 3.00 bits per heavy atom. The van der Waals surface area contributed by atoms with Crippen LogP contribution in [-0.4, -0.2) is 29.1 Å². The van der Waals surface area contributed by atoms with Crippen molar-refractivity contribution in [2.24, 2.45) is 5.92 Å². The van der Waals surface area contributed by atoms with E-state index in [1.807, 2.05) is 11.0 Å². The van der Waals surface area contributed by atoms with Crippen molar-refractivity contribution in [3.63, 3.8) is 0 Å². The minimum absolute atomic E-state index is 0.322. The number of hydrogen-bond acceptors (Lipinski definition) is 4. The van der Waals surface area contributed by atoms with Crippen LogP contribution in [0.25, 0.3) is 0 Å². The molecule has 0 bridgehead atoms. The molecule has 5 heteroatoms. The van der Waals surface area contributed by atoms with E-state index in [1.165, 1.54) is 0 Å². The molecule has 2 rings (SSSR count). The second kappa shape index (κ2) is 3.58. The Labute approximate surface area is 86.6 Å². The number of carboxylic acids is 1. The van der Waals surface area contributed by atoms with E-state index in [1.54, 1.807) is 18.3 Å². The number of carbonyl (C=O) groups is 1. The van der Waals surface area contributed by atoms with Crippen molar-refractivity contribution in [3.8, 4) is 6.07 Å². The van der Waals surface area contributed by atoms with Crippen LogP contribution in [0.4, 0.5) is 5.69 Å². The summed E-state index contributed by atoms with van der Waals surface area (Å²) in [6.07, 6.45) is 1.55. The highest BCUT2D eigenvalue weighted by Crippen LogP contribution is 2.26. The van der Waals surface area contributed by atoms with Gasteiger partial charge in [-0.15, -0.1) is 0 Å². The number of nitrogens with zero attached hydrogens (tertiary/aromatic N) is 3. The molecule has 15 heavy (non-hydrogen) atoms. The predicted molar refractivity (Wildman–Crippen MR) is 52.3 cm³/mol. The van der Waals surface area contributed by atoms with Crippen molar-refractivity contribution in [3.05, 3.63) is 24.0 Å². The van der Waals surface area contributed by atoms with Gasteiger partial charge in [0.25, 0.3) is 0 Å². The Balaban J connectivity index is 2.14. The van der Waals surface area contributed by atoms with E-state index in [2.05, 4.69) is 4.98 Å². The quantitative estimate of drug-likeness (QED) is 0.756. The molecule has 0 spiro atoms. The average molecular weight is 203 g/mol. The fourth-order valence-corrected chi connectivity index (χ4v) is 1.57. The van der Waals surface area contributed by atoms with Gasteiger partial charge in [-0.3, -0.25) is 4.79 Å². The molecule has 2 heterocycles. The standard InChI is InChI=1S/C10H9N3O2/c11-4-8-9(2-1-3-12-8)13-5-7(6-13)10(14)15/h1-3,7H,5-6H2,(H,14,15). The summed E-state index contributed by atoms with van der Waals surface area (Å²) in [6, 6.07) is 5.51. The fraction of sp³-hybridized carbons (Fsp3) is 0.300. The van der Waals surface area contributed by atoms with Gasteiger partial charge in [0.05, 0.1) is 11.6 Å². The first-order valence-electron chi connectivity index (χ1n) is 4.55. The highest BCUT2D eigenvalue weighted by atomic mass is 16.4. The van der Waals surface area contributed by atoms with E-state index < -0.39 is 5.97 Å². The van der Waals surface area contributed by atoms with Crippen molar-refractivity contribution in [2.45, 2.75) is 0 Å². The van der Waals surface area contributed by atoms with Gasteiger partial charge in [0, 0.05) is 19.3 Å². The zero-order chi connectivity index (χ0) is 10.8. The SMILES string of the molecule is N#Cc1ncccc1N1CC(C(=O)O)C1. The van der Waals surface area contributed by atoms with Crippen LogP contribution < -0.4 is 4.90 Å². The lowest BCUT2D eigenvalue weighted by Gasteiger charge is -2.38. The summed E-state index contributed by atoms with van der Waals surface area (Å²) in [5.74, 6) is -1.11. The van der Waals surface area contributed by atoms with E-state index in [9.17, 15) is 4.79 Å². The molecule has 0 amide bonds. The zero-order valence-electron chi connectivity index (χ0n) is 7.92. The molecule has 1 N–H and O–H groups in total. The molecular formula is C10H9N3O2. The number of rotatable bonds is 2. The maximum Gasteiger partial charge on any atom is 0.310 e. The maximum atomic E-state index is 10.6. The molecule has 0 aromatic carbocycles. The second-order valence-electron chi connectivity index (χ2n) is 3.42. The minimum atomic E-state index is -0.784. The lowest BCUT2D eigenvalue weighted by Crippen LogP contribution is -2.50. The number of pyridine rings is 1. The Hall–Kier alpha value is -2.09. The van der Waals surface area contributed by atoms with E-state index in [0.717, 1.165) is 5.69 Å². The third-order valence-corrected chi connectivity index (χ3v) is 2.46. The van der Waals surface area contributed by atoms with Crippen LogP contribution in [0, 0.1) is 17.2 Å². The molecule has 0 atom stereocenters. The molecular weight excluding hydrogens is 194 g/mol. The minimum Gasteiger partial charge on any atom is -0.481 e. The van der Waals surface area contributed by atoms with Gasteiger partial charge in [0.15, 0.2) is 5.69 Å². The van der Waals surface area contributed by atoms with E-state index in [4.69, 9.17) is 10.4 Å². The van der Waals surface area contributed by atoms with Crippen LogP contribution in [-0.2, 0) is 4.79 Å². The Morgan fingerprint density at radius 1 is 1.67 bits per heavy atom. The summed E-state index contributed by atoms with van der Waals surface area (Å²) in [6.45, 7) is 0.908. The third-order valence-electron chi connectivity index (χ3n) is 2.46. The third kappa shape index (κ3) is 1.62. The van der Waals surface area contributed by atoms with E-state index >= 15 is 0 Å². The molecule has 76 valence electrons. The Bertz CT molecular complexity index is 433. The molecule has 1 aliphatic heterocycles. The number of anilines is 1. The smallest absolute Gasteiger partial charge is 0.310 e. The molecule has 1 aliphatic rings. The molecule has 1 fully saturated rings. The molecule has 0 aliphatic carbocycles. The van der Waals surface area contributed by atoms with Crippen LogP contribution >= 0.6 is 0 Å². The summed E-state index contributed by atoms with van der Waals surface area (Å²) in [5.41, 5.74) is 1.07. The van der Waals surface area contributed by atoms with Gasteiger partial charge in [0.1, 0.15) is 6.07 Å². The van der Waals surface area contributed by atoms with Crippen LogP contribution in [0.3, 0.4) is 0 Å². The number of hydrogen-bond donors (Lipinski definition) is 1. The molecule has 1 aromatic heterocycles. The number of aliphatic carboxylic acids is 1. The summed E-state index contributed by atoms with van der Waals surface area (Å²) in [7, 11) is 0. The lowest BCUT2D eigenvalue weighted by atomic mass is 9.99. The zero-order valence-corrected chi connectivity index (χ0v) is 7.92. The molecule has 1 saturated heterocycles. The van der Waals surface area contributed by atoms with Gasteiger partial charge in [-0.1, -0.05) is 0 Å². The van der Waals surface area contributed by atoms with Crippen LogP contribution in [0.15, 0.2) is 18.3 Å². The first-order chi connectivity index (χ1) is 7.22. The van der Waals surface area contributed by atoms with Crippen LogP contribution in [0.2, 0.25) is 0 Å². The number of carboxylic acid groups (broad SMARTS) is 1. The maximum absolute atomic E-state index is 10.6. The van der Waals surface area contributed by atoms with Gasteiger partial charge in [-0.25, -0.2) is 4.98 Å². The van der Waals surface area contributed by atoms with E-state index in [-0.39, 0.29) is 5.92 Å². The van der Waals surface area contributed by atoms with Crippen molar-refractivity contribution in [2.75, 3.05) is 18.0 Å². The second-order valence-corrected chi connectivity index (χ2v) is 3.42. The molecule has 0 radical (unpaired) electrons. The first-order valence-corrected chi connectivity index (χ1v) is 4.55. The van der Waals surface area contributed by atoms with Gasteiger partial charge < -0.3 is 10.0 Å². The van der Waals surface area contributed by atoms with Gasteiger partial charge in [-0.2, -0.15) is 5.26 Å². The van der Waals surface area contributed by atoms with Gasteiger partial charge in [-0.05, 0) is 12.1 Å². The molecule has 1 aromatic rings.